The molecule has 0 saturated carbocycles. The van der Waals surface area contributed by atoms with Gasteiger partial charge in [0.05, 0.1) is 12.0 Å². The molecule has 7 nitrogen and oxygen atoms in total. The summed E-state index contributed by atoms with van der Waals surface area (Å²) in [7, 11) is 0. The molecule has 1 heterocycles. The zero-order chi connectivity index (χ0) is 15.0. The van der Waals surface area contributed by atoms with Gasteiger partial charge in [0, 0.05) is 31.9 Å². The van der Waals surface area contributed by atoms with Gasteiger partial charge in [0.25, 0.3) is 5.91 Å². The van der Waals surface area contributed by atoms with Gasteiger partial charge >= 0.3 is 11.9 Å². The van der Waals surface area contributed by atoms with Crippen LogP contribution in [0, 0.1) is 0 Å². The molecule has 0 aliphatic heterocycles. The monoisotopic (exact) mass is 280 g/mol. The summed E-state index contributed by atoms with van der Waals surface area (Å²) in [6.07, 6.45) is 2.96. The Morgan fingerprint density at radius 1 is 1.10 bits per heavy atom. The molecule has 0 aromatic carbocycles. The van der Waals surface area contributed by atoms with Crippen LogP contribution in [0.25, 0.3) is 0 Å². The molecule has 7 heteroatoms. The molecule has 0 bridgehead atoms. The van der Waals surface area contributed by atoms with Crippen molar-refractivity contribution in [3.05, 3.63) is 30.1 Å². The zero-order valence-corrected chi connectivity index (χ0v) is 10.9. The summed E-state index contributed by atoms with van der Waals surface area (Å²) >= 11 is 0. The maximum atomic E-state index is 12.2. The normalized spacial score (nSPS) is 10.0. The van der Waals surface area contributed by atoms with E-state index in [9.17, 15) is 14.4 Å². The average molecular weight is 280 g/mol. The van der Waals surface area contributed by atoms with Gasteiger partial charge in [0.1, 0.15) is 0 Å². The van der Waals surface area contributed by atoms with E-state index >= 15 is 0 Å². The first kappa shape index (κ1) is 15.6. The quantitative estimate of drug-likeness (QED) is 0.731. The molecule has 0 saturated heterocycles. The number of aromatic nitrogens is 1. The molecular formula is C13H16N2O5. The van der Waals surface area contributed by atoms with Crippen LogP contribution >= 0.6 is 0 Å². The minimum Gasteiger partial charge on any atom is -0.481 e. The minimum atomic E-state index is -1.01. The summed E-state index contributed by atoms with van der Waals surface area (Å²) in [5.74, 6) is -2.30. The molecule has 0 unspecified atom stereocenters. The third kappa shape index (κ3) is 5.47. The number of rotatable bonds is 8. The van der Waals surface area contributed by atoms with E-state index < -0.39 is 11.9 Å². The summed E-state index contributed by atoms with van der Waals surface area (Å²) in [5, 5.41) is 17.3. The fraction of sp³-hybridized carbons (Fsp3) is 0.385. The minimum absolute atomic E-state index is 0.0443. The first-order chi connectivity index (χ1) is 9.50. The van der Waals surface area contributed by atoms with Crippen LogP contribution in [0.4, 0.5) is 0 Å². The van der Waals surface area contributed by atoms with Crippen molar-refractivity contribution in [3.63, 3.8) is 0 Å². The Bertz CT molecular complexity index is 475. The number of carbonyl (C=O) groups is 3. The van der Waals surface area contributed by atoms with E-state index in [2.05, 4.69) is 4.98 Å². The van der Waals surface area contributed by atoms with Crippen molar-refractivity contribution in [2.24, 2.45) is 0 Å². The predicted molar refractivity (Wildman–Crippen MR) is 69.3 cm³/mol. The first-order valence-electron chi connectivity index (χ1n) is 6.13. The van der Waals surface area contributed by atoms with E-state index in [1.165, 1.54) is 17.3 Å². The van der Waals surface area contributed by atoms with Crippen LogP contribution in [0.15, 0.2) is 24.5 Å². The maximum Gasteiger partial charge on any atom is 0.305 e. The first-order valence-corrected chi connectivity index (χ1v) is 6.13. The van der Waals surface area contributed by atoms with Crippen LogP contribution in [-0.2, 0) is 9.59 Å². The van der Waals surface area contributed by atoms with Crippen LogP contribution in [0.3, 0.4) is 0 Å². The lowest BCUT2D eigenvalue weighted by Crippen LogP contribution is -2.34. The molecule has 0 aliphatic carbocycles. The van der Waals surface area contributed by atoms with Gasteiger partial charge in [-0.15, -0.1) is 0 Å². The summed E-state index contributed by atoms with van der Waals surface area (Å²) in [6.45, 7) is 0.246. The Hall–Kier alpha value is -2.44. The van der Waals surface area contributed by atoms with Gasteiger partial charge in [-0.2, -0.15) is 0 Å². The molecule has 0 spiro atoms. The lowest BCUT2D eigenvalue weighted by molar-refractivity contribution is -0.138. The third-order valence-corrected chi connectivity index (χ3v) is 2.61. The van der Waals surface area contributed by atoms with Gasteiger partial charge in [-0.05, 0) is 18.6 Å². The van der Waals surface area contributed by atoms with Crippen LogP contribution in [0.5, 0.6) is 0 Å². The Morgan fingerprint density at radius 3 is 2.35 bits per heavy atom. The van der Waals surface area contributed by atoms with Gasteiger partial charge in [0.15, 0.2) is 0 Å². The standard InChI is InChI=1S/C13H16N2O5/c16-11(17)4-2-7-15(8-5-12(18)19)13(20)10-3-1-6-14-9-10/h1,3,6,9H,2,4-5,7-8H2,(H,16,17)(H,18,19). The third-order valence-electron chi connectivity index (χ3n) is 2.61. The van der Waals surface area contributed by atoms with Crippen molar-refractivity contribution in [1.82, 2.24) is 9.88 Å². The maximum absolute atomic E-state index is 12.2. The second-order valence-corrected chi connectivity index (χ2v) is 4.17. The van der Waals surface area contributed by atoms with Gasteiger partial charge in [-0.25, -0.2) is 0 Å². The molecule has 0 aliphatic rings. The average Bonchev–Trinajstić information content (AvgIpc) is 2.42. The molecule has 2 N–H and O–H groups in total. The highest BCUT2D eigenvalue weighted by molar-refractivity contribution is 5.94. The molecule has 0 fully saturated rings. The Morgan fingerprint density at radius 2 is 1.80 bits per heavy atom. The van der Waals surface area contributed by atoms with Crippen LogP contribution in [-0.4, -0.2) is 51.0 Å². The molecule has 1 rings (SSSR count). The number of pyridine rings is 1. The largest absolute Gasteiger partial charge is 0.481 e. The van der Waals surface area contributed by atoms with Gasteiger partial charge in [0.2, 0.25) is 0 Å². The molecule has 1 aromatic heterocycles. The van der Waals surface area contributed by atoms with Crippen molar-refractivity contribution in [2.45, 2.75) is 19.3 Å². The number of hydrogen-bond acceptors (Lipinski definition) is 4. The fourth-order valence-electron chi connectivity index (χ4n) is 1.64. The van der Waals surface area contributed by atoms with E-state index in [4.69, 9.17) is 10.2 Å². The second-order valence-electron chi connectivity index (χ2n) is 4.17. The highest BCUT2D eigenvalue weighted by atomic mass is 16.4. The lowest BCUT2D eigenvalue weighted by atomic mass is 10.2. The Balaban J connectivity index is 2.67. The summed E-state index contributed by atoms with van der Waals surface area (Å²) < 4.78 is 0. The smallest absolute Gasteiger partial charge is 0.305 e. The van der Waals surface area contributed by atoms with Crippen molar-refractivity contribution >= 4 is 17.8 Å². The summed E-state index contributed by atoms with van der Waals surface area (Å²) in [4.78, 5) is 38.4. The molecule has 0 radical (unpaired) electrons. The number of amides is 1. The van der Waals surface area contributed by atoms with E-state index in [1.807, 2.05) is 0 Å². The van der Waals surface area contributed by atoms with E-state index in [0.717, 1.165) is 0 Å². The zero-order valence-electron chi connectivity index (χ0n) is 10.9. The van der Waals surface area contributed by atoms with Crippen molar-refractivity contribution in [1.29, 1.82) is 0 Å². The highest BCUT2D eigenvalue weighted by Crippen LogP contribution is 2.06. The number of carbonyl (C=O) groups excluding carboxylic acids is 1. The number of carboxylic acids is 2. The molecule has 0 atom stereocenters. The number of carboxylic acid groups (broad SMARTS) is 2. The summed E-state index contributed by atoms with van der Waals surface area (Å²) in [6, 6.07) is 3.19. The molecule has 108 valence electrons. The second kappa shape index (κ2) is 7.88. The summed E-state index contributed by atoms with van der Waals surface area (Å²) in [5.41, 5.74) is 0.355. The Kier molecular flexibility index (Phi) is 6.15. The van der Waals surface area contributed by atoms with Crippen LogP contribution < -0.4 is 0 Å². The molecular weight excluding hydrogens is 264 g/mol. The van der Waals surface area contributed by atoms with Crippen molar-refractivity contribution < 1.29 is 24.6 Å². The Labute approximate surface area is 115 Å². The molecule has 1 aromatic rings. The van der Waals surface area contributed by atoms with Crippen LogP contribution in [0.1, 0.15) is 29.6 Å². The number of aliphatic carboxylic acids is 2. The van der Waals surface area contributed by atoms with E-state index in [-0.39, 0.29) is 38.3 Å². The van der Waals surface area contributed by atoms with Crippen LogP contribution in [0.2, 0.25) is 0 Å². The van der Waals surface area contributed by atoms with Gasteiger partial charge < -0.3 is 15.1 Å². The van der Waals surface area contributed by atoms with E-state index in [1.54, 1.807) is 12.1 Å². The SMILES string of the molecule is O=C(O)CCCN(CCC(=O)O)C(=O)c1cccnc1. The number of hydrogen-bond donors (Lipinski definition) is 2. The van der Waals surface area contributed by atoms with Gasteiger partial charge in [-0.3, -0.25) is 19.4 Å². The van der Waals surface area contributed by atoms with Gasteiger partial charge in [-0.1, -0.05) is 0 Å². The predicted octanol–water partition coefficient (Wildman–Crippen LogP) is 0.863. The molecule has 20 heavy (non-hydrogen) atoms. The highest BCUT2D eigenvalue weighted by Gasteiger charge is 2.17. The van der Waals surface area contributed by atoms with E-state index in [0.29, 0.717) is 5.56 Å². The number of nitrogens with zero attached hydrogens (tertiary/aromatic N) is 2. The van der Waals surface area contributed by atoms with Crippen molar-refractivity contribution in [2.75, 3.05) is 13.1 Å². The lowest BCUT2D eigenvalue weighted by Gasteiger charge is -2.21. The fourth-order valence-corrected chi connectivity index (χ4v) is 1.64. The van der Waals surface area contributed by atoms with Crippen molar-refractivity contribution in [3.8, 4) is 0 Å². The molecule has 1 amide bonds. The topological polar surface area (TPSA) is 108 Å².